The van der Waals surface area contributed by atoms with Crippen molar-refractivity contribution in [3.8, 4) is 5.75 Å². The van der Waals surface area contributed by atoms with Gasteiger partial charge in [-0.25, -0.2) is 0 Å². The second-order valence-corrected chi connectivity index (χ2v) is 8.57. The van der Waals surface area contributed by atoms with Gasteiger partial charge >= 0.3 is 6.18 Å². The molecule has 1 aromatic heterocycles. The number of alkyl halides is 3. The molecule has 2 aromatic rings. The van der Waals surface area contributed by atoms with Crippen molar-refractivity contribution < 1.29 is 42.9 Å². The average Bonchev–Trinajstić information content (AvgIpc) is 2.76. The van der Waals surface area contributed by atoms with Gasteiger partial charge in [-0.05, 0) is 56.5 Å². The first kappa shape index (κ1) is 26.7. The molecule has 1 unspecified atom stereocenters. The Bertz CT molecular complexity index is 1200. The maximum atomic E-state index is 13.3. The minimum Gasteiger partial charge on any atom is -0.485 e. The lowest BCUT2D eigenvalue weighted by atomic mass is 9.85. The van der Waals surface area contributed by atoms with Gasteiger partial charge in [-0.15, -0.1) is 20.2 Å². The van der Waals surface area contributed by atoms with Crippen molar-refractivity contribution in [3.05, 3.63) is 83.8 Å². The van der Waals surface area contributed by atoms with Crippen molar-refractivity contribution in [3.63, 3.8) is 0 Å². The van der Waals surface area contributed by atoms with Crippen molar-refractivity contribution in [2.24, 2.45) is 0 Å². The van der Waals surface area contributed by atoms with Gasteiger partial charge in [0, 0.05) is 17.8 Å². The summed E-state index contributed by atoms with van der Waals surface area (Å²) >= 11 is 0. The van der Waals surface area contributed by atoms with Gasteiger partial charge in [-0.2, -0.15) is 13.2 Å². The number of fused-ring (bicyclic) bond motifs is 1. The molecule has 1 aliphatic heterocycles. The van der Waals surface area contributed by atoms with Gasteiger partial charge in [0.25, 0.3) is 15.7 Å². The van der Waals surface area contributed by atoms with Crippen molar-refractivity contribution in [1.82, 2.24) is 4.57 Å². The fourth-order valence-corrected chi connectivity index (χ4v) is 3.97. The Hall–Kier alpha value is -3.88. The summed E-state index contributed by atoms with van der Waals surface area (Å²) in [7, 11) is 0. The Kier molecular flexibility index (Phi) is 7.43. The largest absolute Gasteiger partial charge is 0.485 e. The van der Waals surface area contributed by atoms with Gasteiger partial charge in [-0.3, -0.25) is 4.79 Å². The highest BCUT2D eigenvalue weighted by molar-refractivity contribution is 5.44. The van der Waals surface area contributed by atoms with Crippen molar-refractivity contribution in [1.29, 1.82) is 0 Å². The lowest BCUT2D eigenvalue weighted by Crippen LogP contribution is -2.52. The summed E-state index contributed by atoms with van der Waals surface area (Å²) in [6.07, 6.45) is -6.33. The summed E-state index contributed by atoms with van der Waals surface area (Å²) in [4.78, 5) is 43.0. The number of halogens is 3. The second-order valence-electron chi connectivity index (χ2n) is 8.57. The molecule has 3 rings (SSSR count). The van der Waals surface area contributed by atoms with E-state index in [4.69, 9.17) is 4.74 Å². The zero-order valence-corrected chi connectivity index (χ0v) is 19.0. The molecule has 0 spiro atoms. The van der Waals surface area contributed by atoms with Crippen molar-refractivity contribution >= 4 is 0 Å². The van der Waals surface area contributed by atoms with E-state index in [9.17, 15) is 43.3 Å². The lowest BCUT2D eigenvalue weighted by Gasteiger charge is -2.42. The molecule has 1 aromatic carbocycles. The molecule has 0 radical (unpaired) electrons. The van der Waals surface area contributed by atoms with Crippen LogP contribution in [0.1, 0.15) is 55.5 Å². The third-order valence-corrected chi connectivity index (χ3v) is 5.70. The van der Waals surface area contributed by atoms with Crippen molar-refractivity contribution in [2.45, 2.75) is 56.7 Å². The molecule has 1 N–H and O–H groups in total. The fourth-order valence-electron chi connectivity index (χ4n) is 3.97. The summed E-state index contributed by atoms with van der Waals surface area (Å²) < 4.78 is 46.7. The van der Waals surface area contributed by atoms with Gasteiger partial charge in [0.05, 0.1) is 18.2 Å². The van der Waals surface area contributed by atoms with Crippen LogP contribution in [0.4, 0.5) is 13.2 Å². The van der Waals surface area contributed by atoms with Crippen LogP contribution in [0.2, 0.25) is 0 Å². The zero-order valence-electron chi connectivity index (χ0n) is 19.0. The Balaban J connectivity index is 2.00. The van der Waals surface area contributed by atoms with Crippen LogP contribution >= 0.6 is 0 Å². The maximum Gasteiger partial charge on any atom is 0.416 e. The molecular weight excluding hydrogens is 495 g/mol. The Labute approximate surface area is 201 Å². The van der Waals surface area contributed by atoms with Crippen LogP contribution < -0.4 is 10.3 Å². The molecule has 0 saturated carbocycles. The van der Waals surface area contributed by atoms with E-state index in [0.717, 1.165) is 28.8 Å². The molecule has 1 aliphatic rings. The first-order valence-electron chi connectivity index (χ1n) is 10.6. The molecule has 3 atom stereocenters. The van der Waals surface area contributed by atoms with Crippen LogP contribution in [0.25, 0.3) is 0 Å². The van der Waals surface area contributed by atoms with E-state index >= 15 is 0 Å². The highest BCUT2D eigenvalue weighted by atomic mass is 19.4. The number of ether oxygens (including phenoxy) is 1. The molecule has 0 aliphatic carbocycles. The number of aliphatic hydroxyl groups is 1. The molecule has 0 bridgehead atoms. The average molecular weight is 517 g/mol. The standard InChI is InChI=1S/C21H22F3N3O9/c1-20(2)19(29)18(14-11-13(21(22,23)24)5-6-16(14)35-20)25-8-7-12(10-17(25)28)15(36-27(32)33)4-3-9-34-26(30)31/h5-8,10-11,15,18-19,29H,3-4,9H2,1-2H3/t15?,18-,19+/m1/s1. The van der Waals surface area contributed by atoms with Gasteiger partial charge in [-0.1, -0.05) is 0 Å². The topological polar surface area (TPSA) is 156 Å². The SMILES string of the molecule is CC1(C)Oc2ccc(C(F)(F)F)cc2[C@@H](n2ccc(C(CCCO[N+](=O)[O-])O[N+](=O)[O-])cc2=O)[C@@H]1O. The summed E-state index contributed by atoms with van der Waals surface area (Å²) in [6.45, 7) is 2.67. The Morgan fingerprint density at radius 1 is 1.19 bits per heavy atom. The number of hydrogen-bond donors (Lipinski definition) is 1. The van der Waals surface area contributed by atoms with E-state index in [1.165, 1.54) is 26.1 Å². The summed E-state index contributed by atoms with van der Waals surface area (Å²) in [5.41, 5.74) is -3.07. The molecule has 2 heterocycles. The fraction of sp³-hybridized carbons (Fsp3) is 0.476. The Morgan fingerprint density at radius 3 is 2.47 bits per heavy atom. The minimum atomic E-state index is -4.68. The summed E-state index contributed by atoms with van der Waals surface area (Å²) in [5.74, 6) is 0.0552. The first-order valence-corrected chi connectivity index (χ1v) is 10.6. The van der Waals surface area contributed by atoms with Crippen LogP contribution in [-0.4, -0.2) is 38.2 Å². The van der Waals surface area contributed by atoms with E-state index in [-0.39, 0.29) is 36.3 Å². The van der Waals surface area contributed by atoms with E-state index in [1.54, 1.807) is 0 Å². The molecule has 0 fully saturated rings. The van der Waals surface area contributed by atoms with Gasteiger partial charge < -0.3 is 24.1 Å². The third-order valence-electron chi connectivity index (χ3n) is 5.70. The zero-order chi connectivity index (χ0) is 26.8. The van der Waals surface area contributed by atoms with E-state index in [0.29, 0.717) is 0 Å². The monoisotopic (exact) mass is 517 g/mol. The van der Waals surface area contributed by atoms with E-state index < -0.39 is 51.3 Å². The number of aliphatic hydroxyl groups excluding tert-OH is 1. The molecule has 0 saturated heterocycles. The third kappa shape index (κ3) is 5.84. The lowest BCUT2D eigenvalue weighted by molar-refractivity contribution is -0.772. The second kappa shape index (κ2) is 10.0. The number of benzene rings is 1. The molecule has 36 heavy (non-hydrogen) atoms. The van der Waals surface area contributed by atoms with Gasteiger partial charge in [0.2, 0.25) is 0 Å². The van der Waals surface area contributed by atoms with E-state index in [1.807, 2.05) is 0 Å². The normalized spacial score (nSPS) is 19.5. The van der Waals surface area contributed by atoms with Crippen LogP contribution in [0.3, 0.4) is 0 Å². The van der Waals surface area contributed by atoms with Crippen molar-refractivity contribution in [2.75, 3.05) is 6.61 Å². The highest BCUT2D eigenvalue weighted by Gasteiger charge is 2.45. The number of nitrogens with zero attached hydrogens (tertiary/aromatic N) is 3. The highest BCUT2D eigenvalue weighted by Crippen LogP contribution is 2.44. The first-order chi connectivity index (χ1) is 16.7. The number of hydrogen-bond acceptors (Lipinski definition) is 9. The van der Waals surface area contributed by atoms with Crippen LogP contribution in [0.5, 0.6) is 5.75 Å². The quantitative estimate of drug-likeness (QED) is 0.300. The molecule has 0 amide bonds. The molecule has 15 heteroatoms. The van der Waals surface area contributed by atoms with Gasteiger partial charge in [0.15, 0.2) is 0 Å². The maximum absolute atomic E-state index is 13.3. The molecular formula is C21H22F3N3O9. The summed E-state index contributed by atoms with van der Waals surface area (Å²) in [5, 5.41) is 30.0. The van der Waals surface area contributed by atoms with Gasteiger partial charge in [0.1, 0.15) is 23.6 Å². The van der Waals surface area contributed by atoms with Crippen LogP contribution in [0, 0.1) is 20.2 Å². The van der Waals surface area contributed by atoms with E-state index in [2.05, 4.69) is 9.68 Å². The van der Waals surface area contributed by atoms with Crippen LogP contribution in [-0.2, 0) is 15.9 Å². The Morgan fingerprint density at radius 2 is 1.89 bits per heavy atom. The predicted molar refractivity (Wildman–Crippen MR) is 114 cm³/mol. The molecule has 12 nitrogen and oxygen atoms in total. The molecule has 196 valence electrons. The predicted octanol–water partition coefficient (Wildman–Crippen LogP) is 3.23. The summed E-state index contributed by atoms with van der Waals surface area (Å²) in [6, 6.07) is 3.75. The number of aromatic nitrogens is 1. The number of pyridine rings is 1. The smallest absolute Gasteiger partial charge is 0.416 e. The minimum absolute atomic E-state index is 0.0109. The number of rotatable bonds is 9. The van der Waals surface area contributed by atoms with Crippen LogP contribution in [0.15, 0.2) is 41.3 Å².